The van der Waals surface area contributed by atoms with Gasteiger partial charge in [-0.05, 0) is 31.4 Å². The number of para-hydroxylation sites is 1. The first-order valence-corrected chi connectivity index (χ1v) is 7.91. The smallest absolute Gasteiger partial charge is 0.127 e. The van der Waals surface area contributed by atoms with Crippen LogP contribution in [0.3, 0.4) is 0 Å². The van der Waals surface area contributed by atoms with E-state index < -0.39 is 0 Å². The molecule has 0 amide bonds. The van der Waals surface area contributed by atoms with Gasteiger partial charge in [-0.25, -0.2) is 0 Å². The number of hydrogen-bond acceptors (Lipinski definition) is 4. The van der Waals surface area contributed by atoms with Gasteiger partial charge < -0.3 is 19.5 Å². The number of hydrogen-bond donors (Lipinski definition) is 1. The van der Waals surface area contributed by atoms with E-state index in [1.165, 1.54) is 11.1 Å². The van der Waals surface area contributed by atoms with Crippen LogP contribution in [-0.4, -0.2) is 40.1 Å². The Kier molecular flexibility index (Phi) is 7.00. The maximum atomic E-state index is 5.93. The number of rotatable bonds is 9. The molecule has 0 fully saturated rings. The third-order valence-corrected chi connectivity index (χ3v) is 3.77. The third kappa shape index (κ3) is 4.70. The number of methoxy groups -OCH3 is 1. The molecule has 1 aromatic carbocycles. The van der Waals surface area contributed by atoms with E-state index in [0.717, 1.165) is 44.8 Å². The van der Waals surface area contributed by atoms with Crippen molar-refractivity contribution in [2.75, 3.05) is 40.1 Å². The van der Waals surface area contributed by atoms with Crippen LogP contribution in [0.2, 0.25) is 0 Å². The summed E-state index contributed by atoms with van der Waals surface area (Å²) >= 11 is 0. The lowest BCUT2D eigenvalue weighted by molar-refractivity contribution is 0.0657. The highest BCUT2D eigenvalue weighted by Crippen LogP contribution is 2.34. The zero-order valence-corrected chi connectivity index (χ0v) is 13.2. The molecular formula is C17H27NO3. The van der Waals surface area contributed by atoms with Crippen molar-refractivity contribution in [2.45, 2.75) is 32.2 Å². The average molecular weight is 293 g/mol. The minimum atomic E-state index is 0.283. The second kappa shape index (κ2) is 9.03. The van der Waals surface area contributed by atoms with Crippen LogP contribution >= 0.6 is 0 Å². The number of benzene rings is 1. The van der Waals surface area contributed by atoms with Gasteiger partial charge in [-0.1, -0.05) is 25.1 Å². The van der Waals surface area contributed by atoms with Crippen LogP contribution in [0, 0.1) is 0 Å². The standard InChI is InChI=1S/C17H27NO3/c1-3-18-16(9-11-20-13-12-19-2)15-8-4-6-14-7-5-10-21-17(14)15/h4,6,8,16,18H,3,5,7,9-13H2,1-2H3. The fourth-order valence-electron chi connectivity index (χ4n) is 2.75. The first-order chi connectivity index (χ1) is 10.4. The number of ether oxygens (including phenoxy) is 3. The summed E-state index contributed by atoms with van der Waals surface area (Å²) in [5.41, 5.74) is 2.60. The van der Waals surface area contributed by atoms with Gasteiger partial charge in [-0.2, -0.15) is 0 Å². The van der Waals surface area contributed by atoms with Crippen molar-refractivity contribution in [3.05, 3.63) is 29.3 Å². The van der Waals surface area contributed by atoms with E-state index >= 15 is 0 Å². The fraction of sp³-hybridized carbons (Fsp3) is 0.647. The highest BCUT2D eigenvalue weighted by Gasteiger charge is 2.20. The molecule has 0 radical (unpaired) electrons. The maximum absolute atomic E-state index is 5.93. The zero-order valence-electron chi connectivity index (χ0n) is 13.2. The van der Waals surface area contributed by atoms with Crippen molar-refractivity contribution in [1.82, 2.24) is 5.32 Å². The van der Waals surface area contributed by atoms with Crippen molar-refractivity contribution < 1.29 is 14.2 Å². The molecule has 0 aliphatic carbocycles. The minimum absolute atomic E-state index is 0.283. The van der Waals surface area contributed by atoms with Crippen molar-refractivity contribution in [1.29, 1.82) is 0 Å². The normalized spacial score (nSPS) is 15.3. The topological polar surface area (TPSA) is 39.7 Å². The third-order valence-electron chi connectivity index (χ3n) is 3.77. The molecule has 1 aromatic rings. The van der Waals surface area contributed by atoms with Crippen molar-refractivity contribution in [3.8, 4) is 5.75 Å². The Balaban J connectivity index is 2.00. The van der Waals surface area contributed by atoms with E-state index in [-0.39, 0.29) is 6.04 Å². The molecule has 0 saturated carbocycles. The predicted molar refractivity (Wildman–Crippen MR) is 84.0 cm³/mol. The lowest BCUT2D eigenvalue weighted by Gasteiger charge is -2.25. The Morgan fingerprint density at radius 3 is 3.00 bits per heavy atom. The molecule has 21 heavy (non-hydrogen) atoms. The Bertz CT molecular complexity index is 422. The summed E-state index contributed by atoms with van der Waals surface area (Å²) in [5, 5.41) is 3.55. The molecule has 1 aliphatic heterocycles. The van der Waals surface area contributed by atoms with Gasteiger partial charge in [0.25, 0.3) is 0 Å². The lowest BCUT2D eigenvalue weighted by atomic mass is 9.96. The first kappa shape index (κ1) is 16.3. The monoisotopic (exact) mass is 293 g/mol. The first-order valence-electron chi connectivity index (χ1n) is 7.91. The van der Waals surface area contributed by atoms with Gasteiger partial charge in [0.1, 0.15) is 5.75 Å². The summed E-state index contributed by atoms with van der Waals surface area (Å²) in [6.45, 7) is 5.92. The van der Waals surface area contributed by atoms with Gasteiger partial charge in [0.2, 0.25) is 0 Å². The molecule has 2 rings (SSSR count). The Morgan fingerprint density at radius 1 is 1.29 bits per heavy atom. The molecule has 0 saturated heterocycles. The van der Waals surface area contributed by atoms with E-state index in [9.17, 15) is 0 Å². The van der Waals surface area contributed by atoms with Crippen LogP contribution < -0.4 is 10.1 Å². The summed E-state index contributed by atoms with van der Waals surface area (Å²) in [7, 11) is 1.69. The summed E-state index contributed by atoms with van der Waals surface area (Å²) in [4.78, 5) is 0. The van der Waals surface area contributed by atoms with Gasteiger partial charge in [0.15, 0.2) is 0 Å². The van der Waals surface area contributed by atoms with Gasteiger partial charge in [0, 0.05) is 25.3 Å². The molecule has 4 heteroatoms. The molecule has 1 aliphatic rings. The number of nitrogens with one attached hydrogen (secondary N) is 1. The van der Waals surface area contributed by atoms with E-state index in [0.29, 0.717) is 13.2 Å². The van der Waals surface area contributed by atoms with Crippen molar-refractivity contribution in [2.24, 2.45) is 0 Å². The van der Waals surface area contributed by atoms with Crippen molar-refractivity contribution >= 4 is 0 Å². The quantitative estimate of drug-likeness (QED) is 0.711. The molecule has 1 N–H and O–H groups in total. The molecule has 118 valence electrons. The molecule has 0 bridgehead atoms. The van der Waals surface area contributed by atoms with Crippen LogP contribution in [0.25, 0.3) is 0 Å². The largest absolute Gasteiger partial charge is 0.493 e. The van der Waals surface area contributed by atoms with Crippen LogP contribution in [0.1, 0.15) is 36.9 Å². The van der Waals surface area contributed by atoms with Crippen LogP contribution in [0.15, 0.2) is 18.2 Å². The summed E-state index contributed by atoms with van der Waals surface area (Å²) < 4.78 is 16.5. The predicted octanol–water partition coefficient (Wildman–Crippen LogP) is 2.72. The molecule has 0 spiro atoms. The van der Waals surface area contributed by atoms with E-state index in [1.807, 2.05) is 0 Å². The number of aryl methyl sites for hydroxylation is 1. The van der Waals surface area contributed by atoms with Crippen LogP contribution in [0.5, 0.6) is 5.75 Å². The molecule has 1 heterocycles. The van der Waals surface area contributed by atoms with E-state index in [2.05, 4.69) is 30.4 Å². The van der Waals surface area contributed by atoms with Gasteiger partial charge in [-0.15, -0.1) is 0 Å². The second-order valence-electron chi connectivity index (χ2n) is 5.29. The van der Waals surface area contributed by atoms with Gasteiger partial charge in [-0.3, -0.25) is 0 Å². The zero-order chi connectivity index (χ0) is 14.9. The Labute approximate surface area is 127 Å². The van der Waals surface area contributed by atoms with Gasteiger partial charge >= 0.3 is 0 Å². The molecular weight excluding hydrogens is 266 g/mol. The van der Waals surface area contributed by atoms with E-state index in [1.54, 1.807) is 7.11 Å². The van der Waals surface area contributed by atoms with Gasteiger partial charge in [0.05, 0.1) is 19.8 Å². The molecule has 0 aromatic heterocycles. The van der Waals surface area contributed by atoms with Crippen LogP contribution in [-0.2, 0) is 15.9 Å². The summed E-state index contributed by atoms with van der Waals surface area (Å²) in [6, 6.07) is 6.77. The maximum Gasteiger partial charge on any atom is 0.127 e. The average Bonchev–Trinajstić information content (AvgIpc) is 2.53. The molecule has 1 atom stereocenters. The fourth-order valence-corrected chi connectivity index (χ4v) is 2.75. The molecule has 4 nitrogen and oxygen atoms in total. The Morgan fingerprint density at radius 2 is 2.19 bits per heavy atom. The highest BCUT2D eigenvalue weighted by molar-refractivity contribution is 5.44. The lowest BCUT2D eigenvalue weighted by Crippen LogP contribution is -2.24. The minimum Gasteiger partial charge on any atom is -0.493 e. The van der Waals surface area contributed by atoms with Crippen LogP contribution in [0.4, 0.5) is 0 Å². The Hall–Kier alpha value is -1.10. The number of fused-ring (bicyclic) bond motifs is 1. The second-order valence-corrected chi connectivity index (χ2v) is 5.29. The SMILES string of the molecule is CCNC(CCOCCOC)c1cccc2c1OCCC2. The van der Waals surface area contributed by atoms with Crippen molar-refractivity contribution in [3.63, 3.8) is 0 Å². The van der Waals surface area contributed by atoms with E-state index in [4.69, 9.17) is 14.2 Å². The highest BCUT2D eigenvalue weighted by atomic mass is 16.5. The summed E-state index contributed by atoms with van der Waals surface area (Å²) in [6.07, 6.45) is 3.17. The summed E-state index contributed by atoms with van der Waals surface area (Å²) in [5.74, 6) is 1.09. The molecule has 1 unspecified atom stereocenters.